The number of nitrogens with zero attached hydrogens (tertiary/aromatic N) is 3. The maximum atomic E-state index is 14.0. The van der Waals surface area contributed by atoms with Crippen LogP contribution in [0.25, 0.3) is 21.5 Å². The SMILES string of the molecule is Cc1cc(C)cc(-c2[nH]c3sc(C(C)(C)C(=O)C4C5CCN4CC5)cc3c2CCN2CCC(C(=O)N3C[C@@H]4OCO[C@@H]4C3)CC2)c1. The zero-order valence-electron chi connectivity index (χ0n) is 27.8. The average molecular weight is 645 g/mol. The smallest absolute Gasteiger partial charge is 0.225 e. The molecule has 1 amide bonds. The number of hydrogen-bond acceptors (Lipinski definition) is 7. The molecule has 46 heavy (non-hydrogen) atoms. The highest BCUT2D eigenvalue weighted by Gasteiger charge is 2.49. The highest BCUT2D eigenvalue weighted by atomic mass is 32.1. The van der Waals surface area contributed by atoms with E-state index in [1.807, 2.05) is 4.90 Å². The summed E-state index contributed by atoms with van der Waals surface area (Å²) in [7, 11) is 0. The number of nitrogens with one attached hydrogen (secondary N) is 1. The van der Waals surface area contributed by atoms with Gasteiger partial charge in [-0.25, -0.2) is 0 Å². The van der Waals surface area contributed by atoms with E-state index in [-0.39, 0.29) is 30.1 Å². The lowest BCUT2D eigenvalue weighted by atomic mass is 9.79. The largest absolute Gasteiger partial charge is 0.348 e. The van der Waals surface area contributed by atoms with Crippen molar-refractivity contribution in [1.82, 2.24) is 19.7 Å². The Bertz CT molecular complexity index is 1600. The van der Waals surface area contributed by atoms with Crippen LogP contribution in [0.5, 0.6) is 0 Å². The fourth-order valence-corrected chi connectivity index (χ4v) is 10.2. The van der Waals surface area contributed by atoms with Gasteiger partial charge in [0, 0.05) is 35.8 Å². The molecule has 3 aromatic rings. The zero-order valence-corrected chi connectivity index (χ0v) is 28.6. The van der Waals surface area contributed by atoms with E-state index in [2.05, 4.69) is 66.7 Å². The number of ketones is 1. The Morgan fingerprint density at radius 3 is 2.24 bits per heavy atom. The van der Waals surface area contributed by atoms with E-state index >= 15 is 0 Å². The minimum absolute atomic E-state index is 0.0468. The number of carbonyl (C=O) groups is 2. The number of Topliss-reactive ketones (excluding diaryl/α,β-unsaturated/α-hetero) is 1. The molecule has 5 aliphatic heterocycles. The molecule has 8 rings (SSSR count). The first kappa shape index (κ1) is 30.8. The van der Waals surface area contributed by atoms with Crippen LogP contribution in [0, 0.1) is 25.7 Å². The van der Waals surface area contributed by atoms with E-state index in [0.717, 1.165) is 64.8 Å². The summed E-state index contributed by atoms with van der Waals surface area (Å²) >= 11 is 1.77. The Hall–Kier alpha value is -2.56. The summed E-state index contributed by atoms with van der Waals surface area (Å²) in [5, 5.41) is 1.26. The molecule has 7 heterocycles. The third-order valence-corrected chi connectivity index (χ3v) is 13.1. The van der Waals surface area contributed by atoms with E-state index in [1.165, 1.54) is 43.0 Å². The van der Waals surface area contributed by atoms with Crippen molar-refractivity contribution in [3.8, 4) is 11.3 Å². The summed E-state index contributed by atoms with van der Waals surface area (Å²) in [5.74, 6) is 1.28. The lowest BCUT2D eigenvalue weighted by molar-refractivity contribution is -0.137. The third kappa shape index (κ3) is 5.36. The molecule has 0 radical (unpaired) electrons. The summed E-state index contributed by atoms with van der Waals surface area (Å²) in [6, 6.07) is 9.20. The Labute approximate surface area is 276 Å². The summed E-state index contributed by atoms with van der Waals surface area (Å²) in [5.41, 5.74) is 5.79. The number of H-pyrrole nitrogens is 1. The molecular weight excluding hydrogens is 596 g/mol. The van der Waals surface area contributed by atoms with Crippen molar-refractivity contribution in [2.45, 2.75) is 83.5 Å². The normalized spacial score (nSPS) is 28.5. The number of aromatic amines is 1. The van der Waals surface area contributed by atoms with E-state index < -0.39 is 5.41 Å². The summed E-state index contributed by atoms with van der Waals surface area (Å²) in [4.78, 5) is 40.4. The highest BCUT2D eigenvalue weighted by Crippen LogP contribution is 2.44. The maximum Gasteiger partial charge on any atom is 0.225 e. The number of carbonyl (C=O) groups excluding carboxylic acids is 2. The van der Waals surface area contributed by atoms with Crippen molar-refractivity contribution in [2.75, 3.05) is 52.6 Å². The highest BCUT2D eigenvalue weighted by molar-refractivity contribution is 7.19. The topological polar surface area (TPSA) is 78.1 Å². The van der Waals surface area contributed by atoms with Gasteiger partial charge in [-0.05, 0) is 121 Å². The number of thiophene rings is 1. The molecule has 1 unspecified atom stereocenters. The predicted octanol–water partition coefficient (Wildman–Crippen LogP) is 5.29. The molecule has 9 heteroatoms. The zero-order chi connectivity index (χ0) is 31.7. The lowest BCUT2D eigenvalue weighted by Crippen LogP contribution is -2.43. The molecule has 0 saturated carbocycles. The van der Waals surface area contributed by atoms with Crippen molar-refractivity contribution in [3.63, 3.8) is 0 Å². The Balaban J connectivity index is 1.01. The van der Waals surface area contributed by atoms with Crippen LogP contribution in [0.1, 0.15) is 61.1 Å². The van der Waals surface area contributed by atoms with Crippen LogP contribution < -0.4 is 0 Å². The fraction of sp³-hybridized carbons (Fsp3) is 0.622. The van der Waals surface area contributed by atoms with Gasteiger partial charge in [-0.3, -0.25) is 14.5 Å². The van der Waals surface area contributed by atoms with Gasteiger partial charge in [-0.15, -0.1) is 11.3 Å². The number of benzene rings is 1. The number of rotatable bonds is 8. The molecule has 8 nitrogen and oxygen atoms in total. The molecule has 2 bridgehead atoms. The first-order valence-electron chi connectivity index (χ1n) is 17.4. The number of likely N-dealkylation sites (tertiary alicyclic amines) is 2. The van der Waals surface area contributed by atoms with Crippen molar-refractivity contribution in [3.05, 3.63) is 45.8 Å². The molecular formula is C37H48N4O4S. The van der Waals surface area contributed by atoms with E-state index in [9.17, 15) is 9.59 Å². The third-order valence-electron chi connectivity index (χ3n) is 11.7. The van der Waals surface area contributed by atoms with Gasteiger partial charge in [-0.2, -0.15) is 0 Å². The minimum atomic E-state index is -0.515. The number of ether oxygens (including phenoxy) is 2. The second-order valence-electron chi connectivity index (χ2n) is 15.2. The first-order chi connectivity index (χ1) is 22.2. The predicted molar refractivity (Wildman–Crippen MR) is 181 cm³/mol. The molecule has 0 spiro atoms. The van der Waals surface area contributed by atoms with Gasteiger partial charge >= 0.3 is 0 Å². The number of amides is 1. The van der Waals surface area contributed by atoms with E-state index in [4.69, 9.17) is 9.47 Å². The quantitative estimate of drug-likeness (QED) is 0.359. The number of aromatic nitrogens is 1. The van der Waals surface area contributed by atoms with E-state index in [1.54, 1.807) is 11.3 Å². The molecule has 1 N–H and O–H groups in total. The fourth-order valence-electron chi connectivity index (χ4n) is 9.04. The Morgan fingerprint density at radius 2 is 1.61 bits per heavy atom. The van der Waals surface area contributed by atoms with Crippen LogP contribution in [0.3, 0.4) is 0 Å². The van der Waals surface area contributed by atoms with Gasteiger partial charge in [0.05, 0.1) is 17.2 Å². The van der Waals surface area contributed by atoms with Crippen LogP contribution in [0.4, 0.5) is 0 Å². The number of hydrogen-bond donors (Lipinski definition) is 1. The van der Waals surface area contributed by atoms with Crippen molar-refractivity contribution >= 4 is 33.2 Å². The molecule has 1 aromatic carbocycles. The van der Waals surface area contributed by atoms with Gasteiger partial charge in [0.2, 0.25) is 5.91 Å². The lowest BCUT2D eigenvalue weighted by Gasteiger charge is -2.33. The van der Waals surface area contributed by atoms with Gasteiger partial charge < -0.3 is 24.3 Å². The maximum absolute atomic E-state index is 14.0. The Kier molecular flexibility index (Phi) is 7.92. The van der Waals surface area contributed by atoms with Gasteiger partial charge in [0.15, 0.2) is 5.78 Å². The van der Waals surface area contributed by atoms with Crippen LogP contribution in [-0.2, 0) is 30.9 Å². The molecule has 0 aliphatic carbocycles. The van der Waals surface area contributed by atoms with E-state index in [0.29, 0.717) is 31.6 Å². The number of piperidine rings is 2. The molecule has 246 valence electrons. The average Bonchev–Trinajstić information content (AvgIpc) is 3.88. The number of fused-ring (bicyclic) bond motifs is 4. The van der Waals surface area contributed by atoms with Crippen molar-refractivity contribution in [1.29, 1.82) is 0 Å². The molecule has 5 aliphatic rings. The van der Waals surface area contributed by atoms with Crippen molar-refractivity contribution in [2.24, 2.45) is 11.8 Å². The summed E-state index contributed by atoms with van der Waals surface area (Å²) in [6.07, 6.45) is 5.14. The molecule has 5 fully saturated rings. The van der Waals surface area contributed by atoms with Crippen LogP contribution in [0.15, 0.2) is 24.3 Å². The van der Waals surface area contributed by atoms with Crippen LogP contribution in [0.2, 0.25) is 0 Å². The second kappa shape index (κ2) is 11.8. The molecule has 5 saturated heterocycles. The Morgan fingerprint density at radius 1 is 0.935 bits per heavy atom. The minimum Gasteiger partial charge on any atom is -0.348 e. The summed E-state index contributed by atoms with van der Waals surface area (Å²) in [6.45, 7) is 15.3. The molecule has 2 aromatic heterocycles. The van der Waals surface area contributed by atoms with Crippen LogP contribution >= 0.6 is 11.3 Å². The monoisotopic (exact) mass is 644 g/mol. The van der Waals surface area contributed by atoms with Gasteiger partial charge in [-0.1, -0.05) is 17.2 Å². The van der Waals surface area contributed by atoms with Crippen molar-refractivity contribution < 1.29 is 19.1 Å². The summed E-state index contributed by atoms with van der Waals surface area (Å²) < 4.78 is 11.3. The first-order valence-corrected chi connectivity index (χ1v) is 18.2. The standard InChI is InChI=1S/C37H48N4O4S/c1-22-15-23(2)17-26(16-22)32-27(9-12-39-10-5-25(6-11-39)36(43)41-19-29-30(20-41)45-21-44-29)28-18-31(46-35(28)38-32)37(3,4)34(42)33-24-7-13-40(33)14-8-24/h15-18,24-25,29-30,33,38H,5-14,19-21H2,1-4H3/t29-,30+,33?. The second-order valence-corrected chi connectivity index (χ2v) is 16.2. The van der Waals surface area contributed by atoms with Crippen LogP contribution in [-0.4, -0.2) is 102 Å². The van der Waals surface area contributed by atoms with Gasteiger partial charge in [0.1, 0.15) is 23.8 Å². The number of aryl methyl sites for hydroxylation is 2. The van der Waals surface area contributed by atoms with Gasteiger partial charge in [0.25, 0.3) is 0 Å². The molecule has 3 atom stereocenters.